The molecule has 0 fully saturated rings. The lowest BCUT2D eigenvalue weighted by atomic mass is 9.98. The van der Waals surface area contributed by atoms with E-state index in [0.717, 1.165) is 43.0 Å². The number of hydrogen-bond acceptors (Lipinski definition) is 1. The molecule has 0 saturated heterocycles. The topological polar surface area (TPSA) is 53.5 Å². The molecule has 3 nitrogen and oxygen atoms in total. The van der Waals surface area contributed by atoms with Gasteiger partial charge < -0.3 is 5.53 Å². The van der Waals surface area contributed by atoms with Gasteiger partial charge in [0.05, 0.1) is 0 Å². The van der Waals surface area contributed by atoms with Gasteiger partial charge in [-0.15, -0.1) is 0 Å². The molecule has 94 valence electrons. The predicted molar refractivity (Wildman–Crippen MR) is 73.3 cm³/mol. The van der Waals surface area contributed by atoms with Crippen molar-refractivity contribution < 1.29 is 9.58 Å². The van der Waals surface area contributed by atoms with Crippen molar-refractivity contribution in [3.63, 3.8) is 0 Å². The second-order valence-electron chi connectivity index (χ2n) is 4.14. The van der Waals surface area contributed by atoms with Gasteiger partial charge in [-0.1, -0.05) is 50.1 Å². The van der Waals surface area contributed by atoms with Crippen molar-refractivity contribution in [3.05, 3.63) is 47.5 Å². The zero-order valence-electron chi connectivity index (χ0n) is 10.7. The molecule has 0 bridgehead atoms. The van der Waals surface area contributed by atoms with Gasteiger partial charge >= 0.3 is 6.21 Å². The Labute approximate surface area is 108 Å². The Hall–Kier alpha value is -1.99. The lowest BCUT2D eigenvalue weighted by Crippen LogP contribution is -1.97. The monoisotopic (exact) mass is 242 g/mol. The van der Waals surface area contributed by atoms with E-state index in [1.54, 1.807) is 6.08 Å². The second kappa shape index (κ2) is 8.15. The number of carbonyl (C=O) groups is 1. The molecule has 1 rings (SSSR count). The molecule has 0 aliphatic heterocycles. The van der Waals surface area contributed by atoms with Crippen molar-refractivity contribution in [1.29, 1.82) is 0 Å². The normalized spacial score (nSPS) is 10.8. The highest BCUT2D eigenvalue weighted by Gasteiger charge is 2.05. The lowest BCUT2D eigenvalue weighted by molar-refractivity contribution is -0.111. The molecule has 0 radical (unpaired) electrons. The molecule has 0 heterocycles. The van der Waals surface area contributed by atoms with Crippen LogP contribution in [0.3, 0.4) is 0 Å². The molecule has 0 aliphatic carbocycles. The smallest absolute Gasteiger partial charge is 0.327 e. The van der Waals surface area contributed by atoms with Gasteiger partial charge in [0.25, 0.3) is 5.78 Å². The summed E-state index contributed by atoms with van der Waals surface area (Å²) in [4.78, 5) is 14.2. The van der Waals surface area contributed by atoms with Gasteiger partial charge in [0.1, 0.15) is 0 Å². The summed E-state index contributed by atoms with van der Waals surface area (Å²) < 4.78 is 0. The summed E-state index contributed by atoms with van der Waals surface area (Å²) in [6.07, 6.45) is 6.68. The van der Waals surface area contributed by atoms with Crippen LogP contribution in [-0.4, -0.2) is 16.8 Å². The van der Waals surface area contributed by atoms with Gasteiger partial charge in [0.15, 0.2) is 0 Å². The van der Waals surface area contributed by atoms with E-state index in [1.165, 1.54) is 0 Å². The van der Waals surface area contributed by atoms with E-state index in [0.29, 0.717) is 0 Å². The molecule has 1 aromatic carbocycles. The van der Waals surface area contributed by atoms with E-state index in [1.807, 2.05) is 30.3 Å². The molecular weight excluding hydrogens is 224 g/mol. The number of benzene rings is 1. The Morgan fingerprint density at radius 2 is 2.00 bits per heavy atom. The van der Waals surface area contributed by atoms with Crippen molar-refractivity contribution in [2.24, 2.45) is 0 Å². The minimum atomic E-state index is -0.284. The summed E-state index contributed by atoms with van der Waals surface area (Å²) >= 11 is 0. The molecule has 0 spiro atoms. The molecule has 0 saturated carbocycles. The summed E-state index contributed by atoms with van der Waals surface area (Å²) in [5, 5.41) is 0. The van der Waals surface area contributed by atoms with Gasteiger partial charge in [0.2, 0.25) is 0 Å². The first-order valence-corrected chi connectivity index (χ1v) is 6.25. The van der Waals surface area contributed by atoms with E-state index < -0.39 is 0 Å². The number of hydrogen-bond donors (Lipinski definition) is 0. The average molecular weight is 242 g/mol. The van der Waals surface area contributed by atoms with Crippen LogP contribution >= 0.6 is 0 Å². The van der Waals surface area contributed by atoms with Crippen LogP contribution in [0.1, 0.15) is 38.2 Å². The molecule has 0 atom stereocenters. The third-order valence-electron chi connectivity index (χ3n) is 2.70. The maximum absolute atomic E-state index is 11.5. The maximum atomic E-state index is 11.5. The summed E-state index contributed by atoms with van der Waals surface area (Å²) in [5.74, 6) is -0.284. The molecule has 0 aromatic heterocycles. The Kier molecular flexibility index (Phi) is 6.37. The van der Waals surface area contributed by atoms with E-state index in [4.69, 9.17) is 5.53 Å². The summed E-state index contributed by atoms with van der Waals surface area (Å²) in [5.41, 5.74) is 10.4. The Balaban J connectivity index is 2.88. The standard InChI is InChI=1S/C15H18N2O/c1-2-3-5-10-14(11-15(18)12-17-16)13-8-6-4-7-9-13/h4,6-9,11-12H,2-3,5,10H2,1H3/b14-11-. The predicted octanol–water partition coefficient (Wildman–Crippen LogP) is 3.52. The van der Waals surface area contributed by atoms with E-state index in [2.05, 4.69) is 11.7 Å². The highest BCUT2D eigenvalue weighted by atomic mass is 16.1. The molecule has 18 heavy (non-hydrogen) atoms. The van der Waals surface area contributed by atoms with Crippen molar-refractivity contribution >= 4 is 17.6 Å². The molecule has 1 aromatic rings. The van der Waals surface area contributed by atoms with E-state index >= 15 is 0 Å². The Morgan fingerprint density at radius 3 is 2.61 bits per heavy atom. The first-order valence-electron chi connectivity index (χ1n) is 6.25. The Bertz CT molecular complexity index is 457. The SMILES string of the molecule is CCCCC/C(=C/C(=O)C=[N+]=[N-])c1ccccc1. The number of ketones is 1. The van der Waals surface area contributed by atoms with Crippen LogP contribution in [0.5, 0.6) is 0 Å². The Morgan fingerprint density at radius 1 is 1.28 bits per heavy atom. The van der Waals surface area contributed by atoms with E-state index in [-0.39, 0.29) is 5.78 Å². The van der Waals surface area contributed by atoms with E-state index in [9.17, 15) is 4.79 Å². The van der Waals surface area contributed by atoms with Crippen LogP contribution in [-0.2, 0) is 4.79 Å². The molecule has 0 aliphatic rings. The highest BCUT2D eigenvalue weighted by molar-refractivity contribution is 6.32. The summed E-state index contributed by atoms with van der Waals surface area (Å²) in [7, 11) is 0. The molecular formula is C15H18N2O. The van der Waals surface area contributed by atoms with Gasteiger partial charge in [0, 0.05) is 0 Å². The van der Waals surface area contributed by atoms with Gasteiger partial charge in [-0.3, -0.25) is 4.79 Å². The van der Waals surface area contributed by atoms with Gasteiger partial charge in [-0.2, -0.15) is 4.79 Å². The number of allylic oxidation sites excluding steroid dienone is 2. The second-order valence-corrected chi connectivity index (χ2v) is 4.14. The summed E-state index contributed by atoms with van der Waals surface area (Å²) in [6, 6.07) is 9.83. The minimum Gasteiger partial charge on any atom is -0.361 e. The number of nitrogens with zero attached hydrogens (tertiary/aromatic N) is 2. The van der Waals surface area contributed by atoms with Crippen LogP contribution in [0.4, 0.5) is 0 Å². The quantitative estimate of drug-likeness (QED) is 0.237. The first-order chi connectivity index (χ1) is 8.77. The summed E-state index contributed by atoms with van der Waals surface area (Å²) in [6.45, 7) is 2.15. The first kappa shape index (κ1) is 14.1. The van der Waals surface area contributed by atoms with Crippen LogP contribution in [0.15, 0.2) is 36.4 Å². The molecule has 3 heteroatoms. The third kappa shape index (κ3) is 4.89. The van der Waals surface area contributed by atoms with Crippen LogP contribution in [0.25, 0.3) is 11.1 Å². The lowest BCUT2D eigenvalue weighted by Gasteiger charge is -2.06. The molecule has 0 amide bonds. The van der Waals surface area contributed by atoms with Crippen molar-refractivity contribution in [2.45, 2.75) is 32.6 Å². The molecule has 0 N–H and O–H groups in total. The number of rotatable bonds is 7. The number of unbranched alkanes of at least 4 members (excludes halogenated alkanes) is 2. The zero-order valence-corrected chi connectivity index (χ0v) is 10.7. The van der Waals surface area contributed by atoms with Crippen molar-refractivity contribution in [3.8, 4) is 0 Å². The third-order valence-corrected chi connectivity index (χ3v) is 2.70. The van der Waals surface area contributed by atoms with Crippen LogP contribution in [0, 0.1) is 0 Å². The van der Waals surface area contributed by atoms with Crippen LogP contribution < -0.4 is 0 Å². The van der Waals surface area contributed by atoms with Crippen LogP contribution in [0.2, 0.25) is 0 Å². The largest absolute Gasteiger partial charge is 0.361 e. The van der Waals surface area contributed by atoms with Crippen molar-refractivity contribution in [2.75, 3.05) is 0 Å². The minimum absolute atomic E-state index is 0.284. The zero-order chi connectivity index (χ0) is 13.2. The fourth-order valence-corrected chi connectivity index (χ4v) is 1.78. The maximum Gasteiger partial charge on any atom is 0.327 e. The number of carbonyl (C=O) groups excluding carboxylic acids is 1. The van der Waals surface area contributed by atoms with Gasteiger partial charge in [-0.25, -0.2) is 0 Å². The van der Waals surface area contributed by atoms with Gasteiger partial charge in [-0.05, 0) is 30.1 Å². The average Bonchev–Trinajstić information content (AvgIpc) is 2.39. The fourth-order valence-electron chi connectivity index (χ4n) is 1.78. The highest BCUT2D eigenvalue weighted by Crippen LogP contribution is 2.20. The molecule has 0 unspecified atom stereocenters. The van der Waals surface area contributed by atoms with Crippen molar-refractivity contribution in [1.82, 2.24) is 0 Å². The fraction of sp³-hybridized carbons (Fsp3) is 0.333.